The Hall–Kier alpha value is -2.38. The third-order valence-electron chi connectivity index (χ3n) is 3.86. The predicted octanol–water partition coefficient (Wildman–Crippen LogP) is 7.17. The molecule has 0 saturated heterocycles. The standard InChI is InChI=1S/C20H13Cl2N3OS2/c21-15-8-7-14(10-16(15)22)24-20-25-17(11-28-20)12-3-5-13(6-4-12)23-19(26)18-2-1-9-27-18/h1-11H,(H,23,26)(H,24,25). The number of hydrogen-bond acceptors (Lipinski definition) is 5. The van der Waals surface area contributed by atoms with Gasteiger partial charge in [0, 0.05) is 22.3 Å². The summed E-state index contributed by atoms with van der Waals surface area (Å²) in [4.78, 5) is 17.4. The lowest BCUT2D eigenvalue weighted by molar-refractivity contribution is 0.103. The lowest BCUT2D eigenvalue weighted by Crippen LogP contribution is -2.09. The van der Waals surface area contributed by atoms with Crippen molar-refractivity contribution < 1.29 is 4.79 Å². The molecule has 0 aliphatic heterocycles. The quantitative estimate of drug-likeness (QED) is 0.342. The van der Waals surface area contributed by atoms with Gasteiger partial charge in [-0.05, 0) is 41.8 Å². The molecule has 0 radical (unpaired) electrons. The van der Waals surface area contributed by atoms with Gasteiger partial charge in [-0.2, -0.15) is 0 Å². The monoisotopic (exact) mass is 445 g/mol. The number of nitrogens with zero attached hydrogens (tertiary/aromatic N) is 1. The number of aromatic nitrogens is 1. The molecule has 2 heterocycles. The summed E-state index contributed by atoms with van der Waals surface area (Å²) in [5.41, 5.74) is 3.38. The van der Waals surface area contributed by atoms with Crippen LogP contribution in [0.15, 0.2) is 65.4 Å². The number of thiophene rings is 1. The van der Waals surface area contributed by atoms with Gasteiger partial charge in [0.1, 0.15) is 0 Å². The number of benzene rings is 2. The number of amides is 1. The first-order valence-corrected chi connectivity index (χ1v) is 10.7. The van der Waals surface area contributed by atoms with Gasteiger partial charge in [-0.15, -0.1) is 22.7 Å². The van der Waals surface area contributed by atoms with E-state index >= 15 is 0 Å². The minimum atomic E-state index is -0.107. The summed E-state index contributed by atoms with van der Waals surface area (Å²) in [6.45, 7) is 0. The molecular weight excluding hydrogens is 433 g/mol. The summed E-state index contributed by atoms with van der Waals surface area (Å²) < 4.78 is 0. The third-order valence-corrected chi connectivity index (χ3v) is 6.22. The molecule has 4 rings (SSSR count). The molecule has 0 saturated carbocycles. The molecule has 0 aliphatic rings. The molecular formula is C20H13Cl2N3OS2. The molecule has 0 spiro atoms. The summed E-state index contributed by atoms with van der Waals surface area (Å²) in [5.74, 6) is -0.107. The Bertz CT molecular complexity index is 1110. The number of anilines is 3. The smallest absolute Gasteiger partial charge is 0.265 e. The molecule has 2 N–H and O–H groups in total. The predicted molar refractivity (Wildman–Crippen MR) is 120 cm³/mol. The first kappa shape index (κ1) is 19.0. The summed E-state index contributed by atoms with van der Waals surface area (Å²) in [5, 5.41) is 11.7. The zero-order valence-electron chi connectivity index (χ0n) is 14.3. The molecule has 28 heavy (non-hydrogen) atoms. The van der Waals surface area contributed by atoms with Crippen LogP contribution in [0.1, 0.15) is 9.67 Å². The topological polar surface area (TPSA) is 54.0 Å². The molecule has 0 atom stereocenters. The number of carbonyl (C=O) groups excluding carboxylic acids is 1. The SMILES string of the molecule is O=C(Nc1ccc(-c2csc(Nc3ccc(Cl)c(Cl)c3)n2)cc1)c1cccs1. The van der Waals surface area contributed by atoms with E-state index in [-0.39, 0.29) is 5.91 Å². The Morgan fingerprint density at radius 3 is 2.43 bits per heavy atom. The number of nitrogens with one attached hydrogen (secondary N) is 2. The lowest BCUT2D eigenvalue weighted by Gasteiger charge is -2.05. The van der Waals surface area contributed by atoms with Crippen LogP contribution in [-0.4, -0.2) is 10.9 Å². The molecule has 0 unspecified atom stereocenters. The van der Waals surface area contributed by atoms with Crippen LogP contribution in [0.3, 0.4) is 0 Å². The molecule has 0 bridgehead atoms. The van der Waals surface area contributed by atoms with E-state index in [4.69, 9.17) is 23.2 Å². The van der Waals surface area contributed by atoms with Crippen molar-refractivity contribution in [2.24, 2.45) is 0 Å². The van der Waals surface area contributed by atoms with Crippen LogP contribution < -0.4 is 10.6 Å². The fourth-order valence-electron chi connectivity index (χ4n) is 2.49. The van der Waals surface area contributed by atoms with Crippen LogP contribution in [0.2, 0.25) is 10.0 Å². The van der Waals surface area contributed by atoms with Gasteiger partial charge < -0.3 is 10.6 Å². The summed E-state index contributed by atoms with van der Waals surface area (Å²) in [6.07, 6.45) is 0. The van der Waals surface area contributed by atoms with E-state index in [0.29, 0.717) is 14.9 Å². The van der Waals surface area contributed by atoms with Crippen molar-refractivity contribution in [1.29, 1.82) is 0 Å². The molecule has 140 valence electrons. The molecule has 8 heteroatoms. The molecule has 2 aromatic heterocycles. The molecule has 2 aromatic carbocycles. The highest BCUT2D eigenvalue weighted by Crippen LogP contribution is 2.30. The average molecular weight is 446 g/mol. The van der Waals surface area contributed by atoms with Crippen molar-refractivity contribution in [2.45, 2.75) is 0 Å². The van der Waals surface area contributed by atoms with E-state index < -0.39 is 0 Å². The number of carbonyl (C=O) groups is 1. The molecule has 0 aliphatic carbocycles. The van der Waals surface area contributed by atoms with Crippen molar-refractivity contribution in [3.8, 4) is 11.3 Å². The number of rotatable bonds is 5. The Kier molecular flexibility index (Phi) is 5.64. The molecule has 1 amide bonds. The number of hydrogen-bond donors (Lipinski definition) is 2. The highest BCUT2D eigenvalue weighted by atomic mass is 35.5. The van der Waals surface area contributed by atoms with Crippen LogP contribution in [-0.2, 0) is 0 Å². The van der Waals surface area contributed by atoms with E-state index in [9.17, 15) is 4.79 Å². The van der Waals surface area contributed by atoms with Gasteiger partial charge in [-0.25, -0.2) is 4.98 Å². The summed E-state index contributed by atoms with van der Waals surface area (Å²) >= 11 is 14.9. The zero-order chi connectivity index (χ0) is 19.5. The van der Waals surface area contributed by atoms with Crippen LogP contribution in [0.25, 0.3) is 11.3 Å². The van der Waals surface area contributed by atoms with Gasteiger partial charge in [-0.3, -0.25) is 4.79 Å². The summed E-state index contributed by atoms with van der Waals surface area (Å²) in [7, 11) is 0. The van der Waals surface area contributed by atoms with Crippen molar-refractivity contribution >= 4 is 68.3 Å². The van der Waals surface area contributed by atoms with E-state index in [2.05, 4.69) is 15.6 Å². The van der Waals surface area contributed by atoms with Crippen molar-refractivity contribution in [2.75, 3.05) is 10.6 Å². The first-order valence-electron chi connectivity index (χ1n) is 8.21. The van der Waals surface area contributed by atoms with Crippen molar-refractivity contribution in [3.63, 3.8) is 0 Å². The van der Waals surface area contributed by atoms with Gasteiger partial charge in [-0.1, -0.05) is 41.4 Å². The normalized spacial score (nSPS) is 10.6. The van der Waals surface area contributed by atoms with Crippen LogP contribution >= 0.6 is 45.9 Å². The lowest BCUT2D eigenvalue weighted by atomic mass is 10.1. The Morgan fingerprint density at radius 1 is 0.929 bits per heavy atom. The first-order chi connectivity index (χ1) is 13.6. The maximum absolute atomic E-state index is 12.1. The Morgan fingerprint density at radius 2 is 1.71 bits per heavy atom. The second-order valence-corrected chi connectivity index (χ2v) is 8.42. The average Bonchev–Trinajstić information content (AvgIpc) is 3.38. The Labute approximate surface area is 179 Å². The van der Waals surface area contributed by atoms with Gasteiger partial charge >= 0.3 is 0 Å². The van der Waals surface area contributed by atoms with Crippen molar-refractivity contribution in [3.05, 3.63) is 80.3 Å². The van der Waals surface area contributed by atoms with Crippen molar-refractivity contribution in [1.82, 2.24) is 4.98 Å². The minimum absolute atomic E-state index is 0.107. The second-order valence-electron chi connectivity index (χ2n) is 5.80. The van der Waals surface area contributed by atoms with Gasteiger partial charge in [0.15, 0.2) is 5.13 Å². The third kappa shape index (κ3) is 4.36. The van der Waals surface area contributed by atoms with E-state index in [1.54, 1.807) is 18.2 Å². The Balaban J connectivity index is 1.44. The fraction of sp³-hybridized carbons (Fsp3) is 0. The zero-order valence-corrected chi connectivity index (χ0v) is 17.4. The highest BCUT2D eigenvalue weighted by molar-refractivity contribution is 7.14. The number of halogens is 2. The van der Waals surface area contributed by atoms with Crippen LogP contribution in [0.4, 0.5) is 16.5 Å². The minimum Gasteiger partial charge on any atom is -0.331 e. The van der Waals surface area contributed by atoms with Gasteiger partial charge in [0.25, 0.3) is 5.91 Å². The van der Waals surface area contributed by atoms with E-state index in [1.807, 2.05) is 47.2 Å². The maximum Gasteiger partial charge on any atom is 0.265 e. The van der Waals surface area contributed by atoms with Crippen LogP contribution in [0, 0.1) is 0 Å². The second kappa shape index (κ2) is 8.32. The summed E-state index contributed by atoms with van der Waals surface area (Å²) in [6, 6.07) is 16.6. The molecule has 0 fully saturated rings. The molecule has 4 aromatic rings. The van der Waals surface area contributed by atoms with Gasteiger partial charge in [0.2, 0.25) is 0 Å². The fourth-order valence-corrected chi connectivity index (χ4v) is 4.14. The van der Waals surface area contributed by atoms with Crippen LogP contribution in [0.5, 0.6) is 0 Å². The van der Waals surface area contributed by atoms with E-state index in [0.717, 1.165) is 27.8 Å². The maximum atomic E-state index is 12.1. The molecule has 4 nitrogen and oxygen atoms in total. The number of thiazole rings is 1. The van der Waals surface area contributed by atoms with E-state index in [1.165, 1.54) is 22.7 Å². The highest BCUT2D eigenvalue weighted by Gasteiger charge is 2.09. The van der Waals surface area contributed by atoms with Gasteiger partial charge in [0.05, 0.1) is 20.6 Å². The largest absolute Gasteiger partial charge is 0.331 e.